The number of methoxy groups -OCH3 is 2. The minimum atomic E-state index is -1.22. The summed E-state index contributed by atoms with van der Waals surface area (Å²) in [7, 11) is 3.00. The van der Waals surface area contributed by atoms with Crippen molar-refractivity contribution in [1.29, 1.82) is 0 Å². The second kappa shape index (κ2) is 7.52. The van der Waals surface area contributed by atoms with Crippen LogP contribution in [-0.4, -0.2) is 66.5 Å². The van der Waals surface area contributed by atoms with Gasteiger partial charge in [0.1, 0.15) is 18.3 Å². The molecule has 1 aliphatic carbocycles. The lowest BCUT2D eigenvalue weighted by Crippen LogP contribution is -2.71. The van der Waals surface area contributed by atoms with Gasteiger partial charge in [0.05, 0.1) is 18.8 Å². The first-order valence-corrected chi connectivity index (χ1v) is 8.81. The van der Waals surface area contributed by atoms with Gasteiger partial charge in [-0.1, -0.05) is 30.3 Å². The van der Waals surface area contributed by atoms with E-state index in [-0.39, 0.29) is 0 Å². The van der Waals surface area contributed by atoms with Gasteiger partial charge in [0.2, 0.25) is 11.6 Å². The third-order valence-corrected chi connectivity index (χ3v) is 5.55. The van der Waals surface area contributed by atoms with E-state index in [1.165, 1.54) is 14.2 Å². The number of rotatable bonds is 5. The Hall–Kier alpha value is -1.06. The van der Waals surface area contributed by atoms with E-state index in [9.17, 15) is 10.2 Å². The smallest absolute Gasteiger partial charge is 0.220 e. The Morgan fingerprint density at radius 2 is 1.62 bits per heavy atom. The van der Waals surface area contributed by atoms with E-state index in [2.05, 4.69) is 0 Å². The maximum absolute atomic E-state index is 10.6. The van der Waals surface area contributed by atoms with Crippen molar-refractivity contribution in [2.75, 3.05) is 14.2 Å². The maximum atomic E-state index is 10.6. The zero-order chi connectivity index (χ0) is 18.9. The molecule has 3 rings (SSSR count). The second-order valence-corrected chi connectivity index (χ2v) is 7.09. The van der Waals surface area contributed by atoms with Crippen molar-refractivity contribution in [3.63, 3.8) is 0 Å². The lowest BCUT2D eigenvalue weighted by molar-refractivity contribution is -0.462. The number of ether oxygens (including phenoxy) is 5. The third kappa shape index (κ3) is 3.41. The number of benzene rings is 1. The number of aliphatic hydroxyl groups excluding tert-OH is 2. The lowest BCUT2D eigenvalue weighted by atomic mass is 9.85. The van der Waals surface area contributed by atoms with Crippen molar-refractivity contribution < 1.29 is 33.9 Å². The van der Waals surface area contributed by atoms with Gasteiger partial charge in [0.25, 0.3) is 0 Å². The fourth-order valence-electron chi connectivity index (χ4n) is 3.57. The van der Waals surface area contributed by atoms with Crippen LogP contribution >= 0.6 is 0 Å². The van der Waals surface area contributed by atoms with Crippen LogP contribution < -0.4 is 0 Å². The van der Waals surface area contributed by atoms with Crippen LogP contribution in [0.25, 0.3) is 0 Å². The highest BCUT2D eigenvalue weighted by Crippen LogP contribution is 2.43. The van der Waals surface area contributed by atoms with Crippen LogP contribution in [0.2, 0.25) is 0 Å². The van der Waals surface area contributed by atoms with Gasteiger partial charge in [0.15, 0.2) is 0 Å². The van der Waals surface area contributed by atoms with Crippen LogP contribution in [0.1, 0.15) is 25.8 Å². The van der Waals surface area contributed by atoms with Gasteiger partial charge in [-0.25, -0.2) is 0 Å². The molecule has 1 saturated heterocycles. The first-order chi connectivity index (χ1) is 12.3. The van der Waals surface area contributed by atoms with Crippen molar-refractivity contribution in [2.24, 2.45) is 0 Å². The minimum Gasteiger partial charge on any atom is -0.388 e. The average molecular weight is 368 g/mol. The molecule has 26 heavy (non-hydrogen) atoms. The highest BCUT2D eigenvalue weighted by Gasteiger charge is 2.60. The summed E-state index contributed by atoms with van der Waals surface area (Å²) in [5.41, 5.74) is 0.991. The molecule has 1 heterocycles. The zero-order valence-corrected chi connectivity index (χ0v) is 15.6. The predicted octanol–water partition coefficient (Wildman–Crippen LogP) is 1.21. The largest absolute Gasteiger partial charge is 0.388 e. The van der Waals surface area contributed by atoms with Gasteiger partial charge >= 0.3 is 0 Å². The Kier molecular flexibility index (Phi) is 5.69. The molecule has 2 N–H and O–H groups in total. The van der Waals surface area contributed by atoms with E-state index in [4.69, 9.17) is 23.7 Å². The van der Waals surface area contributed by atoms with E-state index in [0.29, 0.717) is 13.0 Å². The Balaban J connectivity index is 1.73. The lowest BCUT2D eigenvalue weighted by Gasteiger charge is -2.55. The molecule has 1 aromatic rings. The Morgan fingerprint density at radius 3 is 2.23 bits per heavy atom. The van der Waals surface area contributed by atoms with E-state index >= 15 is 0 Å². The monoisotopic (exact) mass is 368 g/mol. The number of hydrogen-bond donors (Lipinski definition) is 2. The molecule has 1 aliphatic heterocycles. The first kappa shape index (κ1) is 19.7. The Morgan fingerprint density at radius 1 is 1.00 bits per heavy atom. The highest BCUT2D eigenvalue weighted by atomic mass is 16.8. The molecule has 0 amide bonds. The van der Waals surface area contributed by atoms with Crippen molar-refractivity contribution in [3.05, 3.63) is 35.9 Å². The SMILES string of the molecule is CO[C@@]1(C)O[C@@H]2C(O)C(O)[C@@H](OCc3ccccc3)C[C@H]2O[C@]1(C)OC. The molecular weight excluding hydrogens is 340 g/mol. The van der Waals surface area contributed by atoms with Crippen LogP contribution in [0.3, 0.4) is 0 Å². The van der Waals surface area contributed by atoms with Gasteiger partial charge in [0, 0.05) is 20.6 Å². The predicted molar refractivity (Wildman–Crippen MR) is 92.2 cm³/mol. The molecule has 2 fully saturated rings. The standard InChI is InChI=1S/C19H28O7/c1-18(22-3)19(2,23-4)26-17-14(25-18)10-13(15(20)16(17)21)24-11-12-8-6-5-7-9-12/h5-9,13-17,20-21H,10-11H2,1-4H3/t13-,14+,15?,16?,17-,18-,19-/m0/s1. The maximum Gasteiger partial charge on any atom is 0.220 e. The Labute approximate surface area is 153 Å². The fraction of sp³-hybridized carbons (Fsp3) is 0.684. The quantitative estimate of drug-likeness (QED) is 0.808. The molecule has 2 unspecified atom stereocenters. The number of fused-ring (bicyclic) bond motifs is 1. The summed E-state index contributed by atoms with van der Waals surface area (Å²) >= 11 is 0. The number of hydrogen-bond acceptors (Lipinski definition) is 7. The normalized spacial score (nSPS) is 43.1. The summed E-state index contributed by atoms with van der Waals surface area (Å²) in [6, 6.07) is 9.67. The van der Waals surface area contributed by atoms with Crippen LogP contribution in [0.15, 0.2) is 30.3 Å². The molecule has 146 valence electrons. The van der Waals surface area contributed by atoms with Gasteiger partial charge in [-0.2, -0.15) is 0 Å². The van der Waals surface area contributed by atoms with Gasteiger partial charge in [-0.15, -0.1) is 0 Å². The second-order valence-electron chi connectivity index (χ2n) is 7.09. The number of aliphatic hydroxyl groups is 2. The third-order valence-electron chi connectivity index (χ3n) is 5.55. The van der Waals surface area contributed by atoms with E-state index in [1.807, 2.05) is 30.3 Å². The van der Waals surface area contributed by atoms with Crippen LogP contribution in [-0.2, 0) is 30.3 Å². The van der Waals surface area contributed by atoms with E-state index < -0.39 is 42.1 Å². The van der Waals surface area contributed by atoms with Crippen LogP contribution in [0, 0.1) is 0 Å². The molecule has 0 aromatic heterocycles. The molecule has 0 radical (unpaired) electrons. The summed E-state index contributed by atoms with van der Waals surface area (Å²) in [5.74, 6) is -2.38. The van der Waals surface area contributed by atoms with Crippen molar-refractivity contribution >= 4 is 0 Å². The van der Waals surface area contributed by atoms with Crippen LogP contribution in [0.4, 0.5) is 0 Å². The molecule has 1 aromatic carbocycles. The molecular formula is C19H28O7. The van der Waals surface area contributed by atoms with Gasteiger partial charge < -0.3 is 33.9 Å². The van der Waals surface area contributed by atoms with Crippen LogP contribution in [0.5, 0.6) is 0 Å². The summed E-state index contributed by atoms with van der Waals surface area (Å²) in [6.07, 6.45) is -3.70. The molecule has 7 heteroatoms. The molecule has 7 atom stereocenters. The highest BCUT2D eigenvalue weighted by molar-refractivity contribution is 5.13. The summed E-state index contributed by atoms with van der Waals surface area (Å²) in [4.78, 5) is 0. The van der Waals surface area contributed by atoms with Crippen molar-refractivity contribution in [2.45, 2.75) is 69.0 Å². The van der Waals surface area contributed by atoms with E-state index in [0.717, 1.165) is 5.56 Å². The topological polar surface area (TPSA) is 86.6 Å². The van der Waals surface area contributed by atoms with Gasteiger partial charge in [-0.05, 0) is 19.4 Å². The first-order valence-electron chi connectivity index (χ1n) is 8.81. The Bertz CT molecular complexity index is 597. The molecule has 0 spiro atoms. The molecule has 7 nitrogen and oxygen atoms in total. The van der Waals surface area contributed by atoms with Crippen molar-refractivity contribution in [1.82, 2.24) is 0 Å². The summed E-state index contributed by atoms with van der Waals surface area (Å²) in [5, 5.41) is 21.1. The average Bonchev–Trinajstić information content (AvgIpc) is 2.66. The summed E-state index contributed by atoms with van der Waals surface area (Å²) < 4.78 is 28.9. The van der Waals surface area contributed by atoms with Crippen molar-refractivity contribution in [3.8, 4) is 0 Å². The molecule has 0 bridgehead atoms. The summed E-state index contributed by atoms with van der Waals surface area (Å²) in [6.45, 7) is 3.75. The minimum absolute atomic E-state index is 0.338. The van der Waals surface area contributed by atoms with Gasteiger partial charge in [-0.3, -0.25) is 0 Å². The molecule has 2 aliphatic rings. The van der Waals surface area contributed by atoms with E-state index in [1.54, 1.807) is 13.8 Å². The molecule has 1 saturated carbocycles. The zero-order valence-electron chi connectivity index (χ0n) is 15.6. The fourth-order valence-corrected chi connectivity index (χ4v) is 3.57.